The van der Waals surface area contributed by atoms with Gasteiger partial charge in [-0.25, -0.2) is 0 Å². The molecule has 0 spiro atoms. The second-order valence-electron chi connectivity index (χ2n) is 19.1. The van der Waals surface area contributed by atoms with Crippen LogP contribution in [0.5, 0.6) is 0 Å². The van der Waals surface area contributed by atoms with Gasteiger partial charge in [0, 0.05) is 27.1 Å². The van der Waals surface area contributed by atoms with Crippen LogP contribution in [0.15, 0.2) is 206 Å². The Morgan fingerprint density at radius 1 is 0.347 bits per heavy atom. The third-order valence-corrected chi connectivity index (χ3v) is 14.3. The lowest BCUT2D eigenvalue weighted by Crippen LogP contribution is -2.07. The van der Waals surface area contributed by atoms with Gasteiger partial charge in [0.2, 0.25) is 0 Å². The molecule has 0 amide bonds. The first-order valence-corrected chi connectivity index (χ1v) is 24.1. The molecule has 10 aromatic carbocycles. The van der Waals surface area contributed by atoms with E-state index in [1.807, 2.05) is 12.1 Å². The molecule has 0 aliphatic carbocycles. The summed E-state index contributed by atoms with van der Waals surface area (Å²) >= 11 is 0. The molecule has 346 valence electrons. The summed E-state index contributed by atoms with van der Waals surface area (Å²) in [5.74, 6) is 0. The molecule has 0 radical (unpaired) electrons. The lowest BCUT2D eigenvalue weighted by atomic mass is 9.96. The number of rotatable bonds is 7. The highest BCUT2D eigenvalue weighted by molar-refractivity contribution is 6.14. The van der Waals surface area contributed by atoms with Crippen LogP contribution < -0.4 is 0 Å². The van der Waals surface area contributed by atoms with Crippen molar-refractivity contribution in [2.45, 2.75) is 33.9 Å². The monoisotopic (exact) mass is 937 g/mol. The van der Waals surface area contributed by atoms with Crippen LogP contribution in [-0.4, -0.2) is 9.13 Å². The first-order chi connectivity index (χ1) is 34.9. The minimum Gasteiger partial charge on any atom is -0.307 e. The smallest absolute Gasteiger partial charge is 0.307 e. The molecule has 2 heterocycles. The van der Waals surface area contributed by atoms with E-state index >= 15 is 0 Å². The van der Waals surface area contributed by atoms with Gasteiger partial charge in [-0.3, -0.25) is 0 Å². The standard InChI is InChI=1S/C66H46F3N3/c1-40-8-16-44(17-9-40)48-24-28-55-56-29-25-49(45-18-10-41(2)11-19-45)34-61(56)71(60(55)33-48)64-37-53(39-70)59(52-6-5-7-54(32-52)66(67,68)69)38-65(64)72-62-35-50(46-20-12-42(3)13-21-46)26-30-57(62)58-31-27-51(36-63(58)72)47-22-14-43(4)15-23-47/h5-38H,1-4H3. The Kier molecular flexibility index (Phi) is 10.6. The van der Waals surface area contributed by atoms with Crippen LogP contribution in [0.3, 0.4) is 0 Å². The Hall–Kier alpha value is -8.92. The molecule has 0 aliphatic heterocycles. The van der Waals surface area contributed by atoms with Crippen LogP contribution in [0.2, 0.25) is 0 Å². The molecule has 0 N–H and O–H groups in total. The average molecular weight is 938 g/mol. The Morgan fingerprint density at radius 2 is 0.667 bits per heavy atom. The summed E-state index contributed by atoms with van der Waals surface area (Å²) in [6.45, 7) is 8.31. The molecule has 3 nitrogen and oxygen atoms in total. The van der Waals surface area contributed by atoms with Crippen LogP contribution in [0.4, 0.5) is 13.2 Å². The molecule has 12 rings (SSSR count). The topological polar surface area (TPSA) is 33.6 Å². The van der Waals surface area contributed by atoms with Gasteiger partial charge in [-0.1, -0.05) is 180 Å². The van der Waals surface area contributed by atoms with Gasteiger partial charge in [0.15, 0.2) is 0 Å². The normalized spacial score (nSPS) is 11.8. The number of alkyl halides is 3. The van der Waals surface area contributed by atoms with Crippen LogP contribution in [0.1, 0.15) is 33.4 Å². The van der Waals surface area contributed by atoms with Crippen molar-refractivity contribution in [3.05, 3.63) is 240 Å². The second kappa shape index (κ2) is 17.2. The van der Waals surface area contributed by atoms with E-state index in [4.69, 9.17) is 0 Å². The minimum absolute atomic E-state index is 0.244. The summed E-state index contributed by atoms with van der Waals surface area (Å²) < 4.78 is 48.1. The van der Waals surface area contributed by atoms with Crippen LogP contribution in [0, 0.1) is 39.0 Å². The van der Waals surface area contributed by atoms with Crippen LogP contribution >= 0.6 is 0 Å². The molecular formula is C66H46F3N3. The van der Waals surface area contributed by atoms with Crippen molar-refractivity contribution in [2.75, 3.05) is 0 Å². The Balaban J connectivity index is 1.25. The molecule has 0 atom stereocenters. The molecule has 12 aromatic rings. The van der Waals surface area contributed by atoms with Crippen LogP contribution in [-0.2, 0) is 6.18 Å². The van der Waals surface area contributed by atoms with E-state index < -0.39 is 11.7 Å². The summed E-state index contributed by atoms with van der Waals surface area (Å²) in [5.41, 5.74) is 18.1. The Bertz CT molecular complexity index is 3940. The lowest BCUT2D eigenvalue weighted by molar-refractivity contribution is -0.137. The number of aryl methyl sites for hydroxylation is 4. The molecular weight excluding hydrogens is 892 g/mol. The zero-order valence-corrected chi connectivity index (χ0v) is 40.1. The Morgan fingerprint density at radius 3 is 0.986 bits per heavy atom. The molecule has 0 aliphatic rings. The largest absolute Gasteiger partial charge is 0.416 e. The summed E-state index contributed by atoms with van der Waals surface area (Å²) in [6, 6.07) is 71.8. The maximum atomic E-state index is 14.5. The second-order valence-corrected chi connectivity index (χ2v) is 19.1. The minimum atomic E-state index is -4.59. The van der Waals surface area contributed by atoms with Gasteiger partial charge in [-0.2, -0.15) is 18.4 Å². The fourth-order valence-electron chi connectivity index (χ4n) is 10.4. The zero-order chi connectivity index (χ0) is 49.4. The highest BCUT2D eigenvalue weighted by Gasteiger charge is 2.31. The molecule has 0 saturated heterocycles. The zero-order valence-electron chi connectivity index (χ0n) is 40.1. The van der Waals surface area contributed by atoms with E-state index in [9.17, 15) is 18.4 Å². The number of hydrogen-bond acceptors (Lipinski definition) is 1. The van der Waals surface area contributed by atoms with Crippen molar-refractivity contribution >= 4 is 43.6 Å². The molecule has 0 fully saturated rings. The summed E-state index contributed by atoms with van der Waals surface area (Å²) in [7, 11) is 0. The quantitative estimate of drug-likeness (QED) is 0.157. The van der Waals surface area contributed by atoms with E-state index in [0.29, 0.717) is 22.5 Å². The predicted octanol–water partition coefficient (Wildman–Crippen LogP) is 18.3. The van der Waals surface area contributed by atoms with Crippen molar-refractivity contribution in [2.24, 2.45) is 0 Å². The number of benzene rings is 10. The first kappa shape index (κ1) is 44.3. The highest BCUT2D eigenvalue weighted by Crippen LogP contribution is 2.45. The van der Waals surface area contributed by atoms with Gasteiger partial charge in [-0.15, -0.1) is 0 Å². The fourth-order valence-corrected chi connectivity index (χ4v) is 10.4. The van der Waals surface area contributed by atoms with E-state index in [1.54, 1.807) is 6.07 Å². The number of nitrogens with zero attached hydrogens (tertiary/aromatic N) is 3. The van der Waals surface area contributed by atoms with Gasteiger partial charge < -0.3 is 9.13 Å². The predicted molar refractivity (Wildman–Crippen MR) is 291 cm³/mol. The van der Waals surface area contributed by atoms with Gasteiger partial charge in [0.05, 0.1) is 50.6 Å². The summed E-state index contributed by atoms with van der Waals surface area (Å²) in [5, 5.41) is 15.3. The summed E-state index contributed by atoms with van der Waals surface area (Å²) in [6.07, 6.45) is -4.59. The SMILES string of the molecule is Cc1ccc(-c2ccc3c4ccc(-c5ccc(C)cc5)cc4n(-c4cc(C#N)c(-c5cccc(C(F)(F)F)c5)cc4-n4c5cc(-c6ccc(C)cc6)ccc5c5ccc(-c6ccc(C)cc6)cc54)c3c2)cc1. The third kappa shape index (κ3) is 7.71. The highest BCUT2D eigenvalue weighted by atomic mass is 19.4. The van der Waals surface area contributed by atoms with Gasteiger partial charge in [-0.05, 0) is 126 Å². The molecule has 0 saturated carbocycles. The van der Waals surface area contributed by atoms with E-state index in [0.717, 1.165) is 123 Å². The number of hydrogen-bond donors (Lipinski definition) is 0. The molecule has 2 aromatic heterocycles. The fraction of sp³-hybridized carbons (Fsp3) is 0.0758. The van der Waals surface area contributed by atoms with Crippen molar-refractivity contribution in [3.63, 3.8) is 0 Å². The van der Waals surface area contributed by atoms with Crippen LogP contribution in [0.25, 0.3) is 111 Å². The van der Waals surface area contributed by atoms with Gasteiger partial charge >= 0.3 is 6.18 Å². The van der Waals surface area contributed by atoms with Crippen molar-refractivity contribution < 1.29 is 13.2 Å². The van der Waals surface area contributed by atoms with Gasteiger partial charge in [0.25, 0.3) is 0 Å². The van der Waals surface area contributed by atoms with Gasteiger partial charge in [0.1, 0.15) is 0 Å². The Labute approximate surface area is 415 Å². The van der Waals surface area contributed by atoms with Crippen molar-refractivity contribution in [1.82, 2.24) is 9.13 Å². The maximum absolute atomic E-state index is 14.5. The van der Waals surface area contributed by atoms with Crippen molar-refractivity contribution in [1.29, 1.82) is 5.26 Å². The van der Waals surface area contributed by atoms with E-state index in [-0.39, 0.29) is 5.56 Å². The maximum Gasteiger partial charge on any atom is 0.416 e. The molecule has 6 heteroatoms. The average Bonchev–Trinajstić information content (AvgIpc) is 3.89. The molecule has 0 bridgehead atoms. The van der Waals surface area contributed by atoms with E-state index in [1.165, 1.54) is 6.07 Å². The van der Waals surface area contributed by atoms with Crippen molar-refractivity contribution in [3.8, 4) is 73.1 Å². The number of nitriles is 1. The number of aromatic nitrogens is 2. The number of halogens is 3. The summed E-state index contributed by atoms with van der Waals surface area (Å²) in [4.78, 5) is 0. The number of fused-ring (bicyclic) bond motifs is 6. The lowest BCUT2D eigenvalue weighted by Gasteiger charge is -2.20. The molecule has 72 heavy (non-hydrogen) atoms. The third-order valence-electron chi connectivity index (χ3n) is 14.3. The first-order valence-electron chi connectivity index (χ1n) is 24.1. The molecule has 0 unspecified atom stereocenters. The van der Waals surface area contributed by atoms with E-state index in [2.05, 4.69) is 213 Å².